The first-order chi connectivity index (χ1) is 11.6. The van der Waals surface area contributed by atoms with Crippen LogP contribution >= 0.6 is 0 Å². The third-order valence-corrected chi connectivity index (χ3v) is 5.02. The van der Waals surface area contributed by atoms with E-state index >= 15 is 0 Å². The van der Waals surface area contributed by atoms with Gasteiger partial charge in [-0.2, -0.15) is 0 Å². The normalized spacial score (nSPS) is 19.0. The second-order valence-electron chi connectivity index (χ2n) is 6.70. The summed E-state index contributed by atoms with van der Waals surface area (Å²) in [4.78, 5) is 10.6. The predicted molar refractivity (Wildman–Crippen MR) is 99.6 cm³/mol. The monoisotopic (exact) mass is 321 g/mol. The van der Waals surface area contributed by atoms with Gasteiger partial charge in [-0.05, 0) is 62.3 Å². The van der Waals surface area contributed by atoms with Crippen molar-refractivity contribution in [1.82, 2.24) is 14.9 Å². The molecule has 3 aromatic rings. The highest BCUT2D eigenvalue weighted by molar-refractivity contribution is 5.81. The number of hydrogen-bond acceptors (Lipinski definition) is 4. The number of likely N-dealkylation sites (tertiary alicyclic amines) is 1. The van der Waals surface area contributed by atoms with Crippen molar-refractivity contribution in [2.75, 3.05) is 25.1 Å². The molecule has 1 saturated heterocycles. The number of benzene rings is 2. The highest BCUT2D eigenvalue weighted by Crippen LogP contribution is 2.32. The molecular weight excluding hydrogens is 298 g/mol. The van der Waals surface area contributed by atoms with Gasteiger partial charge in [-0.3, -0.25) is 4.90 Å². The minimum Gasteiger partial charge on any atom is -0.397 e. The van der Waals surface area contributed by atoms with Crippen molar-refractivity contribution in [2.45, 2.75) is 25.3 Å². The molecule has 5 N–H and O–H groups in total. The lowest BCUT2D eigenvalue weighted by Crippen LogP contribution is -2.29. The number of rotatable bonds is 2. The number of aromatic amines is 1. The molecule has 1 atom stereocenters. The first-order valence-electron chi connectivity index (χ1n) is 8.47. The number of hydrogen-bond donors (Lipinski definition) is 3. The molecule has 2 aromatic carbocycles. The van der Waals surface area contributed by atoms with Gasteiger partial charge in [0.2, 0.25) is 0 Å². The summed E-state index contributed by atoms with van der Waals surface area (Å²) in [5.41, 5.74) is 17.2. The molecule has 0 radical (unpaired) electrons. The van der Waals surface area contributed by atoms with Crippen LogP contribution in [-0.4, -0.2) is 28.5 Å². The van der Waals surface area contributed by atoms with E-state index in [0.29, 0.717) is 17.4 Å². The summed E-state index contributed by atoms with van der Waals surface area (Å²) >= 11 is 0. The Balaban J connectivity index is 1.71. The molecule has 4 rings (SSSR count). The Morgan fingerprint density at radius 2 is 1.96 bits per heavy atom. The zero-order valence-corrected chi connectivity index (χ0v) is 13.9. The SMILES string of the molecule is CN1CCCCC1c1ccc2nc(-c3ccc(N)c(N)c3)[nH]c2c1. The molecule has 0 spiro atoms. The van der Waals surface area contributed by atoms with Gasteiger partial charge in [-0.15, -0.1) is 0 Å². The lowest BCUT2D eigenvalue weighted by atomic mass is 9.95. The average molecular weight is 321 g/mol. The molecule has 1 aliphatic heterocycles. The van der Waals surface area contributed by atoms with Gasteiger partial charge in [0, 0.05) is 11.6 Å². The third-order valence-electron chi connectivity index (χ3n) is 5.02. The van der Waals surface area contributed by atoms with Crippen molar-refractivity contribution in [2.24, 2.45) is 0 Å². The van der Waals surface area contributed by atoms with Crippen LogP contribution in [0.4, 0.5) is 11.4 Å². The fourth-order valence-corrected chi connectivity index (χ4v) is 3.59. The molecular formula is C19H23N5. The van der Waals surface area contributed by atoms with Crippen molar-refractivity contribution in [1.29, 1.82) is 0 Å². The van der Waals surface area contributed by atoms with Gasteiger partial charge in [0.05, 0.1) is 22.4 Å². The smallest absolute Gasteiger partial charge is 0.138 e. The lowest BCUT2D eigenvalue weighted by Gasteiger charge is -2.32. The van der Waals surface area contributed by atoms with E-state index in [9.17, 15) is 0 Å². The predicted octanol–water partition coefficient (Wildman–Crippen LogP) is 3.55. The van der Waals surface area contributed by atoms with E-state index in [2.05, 4.69) is 35.1 Å². The summed E-state index contributed by atoms with van der Waals surface area (Å²) in [5, 5.41) is 0. The van der Waals surface area contributed by atoms with Gasteiger partial charge in [0.15, 0.2) is 0 Å². The van der Waals surface area contributed by atoms with Crippen molar-refractivity contribution >= 4 is 22.4 Å². The number of anilines is 2. The molecule has 1 unspecified atom stereocenters. The van der Waals surface area contributed by atoms with Gasteiger partial charge < -0.3 is 16.5 Å². The second-order valence-corrected chi connectivity index (χ2v) is 6.70. The van der Waals surface area contributed by atoms with Crippen LogP contribution in [0.25, 0.3) is 22.4 Å². The summed E-state index contributed by atoms with van der Waals surface area (Å²) in [6.07, 6.45) is 3.81. The van der Waals surface area contributed by atoms with Crippen LogP contribution in [-0.2, 0) is 0 Å². The summed E-state index contributed by atoms with van der Waals surface area (Å²) in [7, 11) is 2.21. The summed E-state index contributed by atoms with van der Waals surface area (Å²) in [6.45, 7) is 1.17. The molecule has 124 valence electrons. The van der Waals surface area contributed by atoms with Crippen LogP contribution in [0.1, 0.15) is 30.9 Å². The van der Waals surface area contributed by atoms with Crippen LogP contribution in [0, 0.1) is 0 Å². The number of aromatic nitrogens is 2. The number of piperidine rings is 1. The molecule has 5 nitrogen and oxygen atoms in total. The molecule has 1 fully saturated rings. The standard InChI is InChI=1S/C19H23N5/c1-24-9-3-2-4-18(24)12-6-8-16-17(11-12)23-19(22-16)13-5-7-14(20)15(21)10-13/h5-8,10-11,18H,2-4,9,20-21H2,1H3,(H,22,23). The van der Waals surface area contributed by atoms with E-state index in [4.69, 9.17) is 16.5 Å². The van der Waals surface area contributed by atoms with E-state index in [1.165, 1.54) is 31.4 Å². The molecule has 1 aromatic heterocycles. The van der Waals surface area contributed by atoms with Crippen LogP contribution in [0.2, 0.25) is 0 Å². The van der Waals surface area contributed by atoms with E-state index < -0.39 is 0 Å². The summed E-state index contributed by atoms with van der Waals surface area (Å²) in [5.74, 6) is 0.825. The van der Waals surface area contributed by atoms with E-state index in [1.54, 1.807) is 0 Å². The molecule has 2 heterocycles. The van der Waals surface area contributed by atoms with Crippen molar-refractivity contribution in [3.63, 3.8) is 0 Å². The number of fused-ring (bicyclic) bond motifs is 1. The molecule has 1 aliphatic rings. The fourth-order valence-electron chi connectivity index (χ4n) is 3.59. The number of nitrogens with zero attached hydrogens (tertiary/aromatic N) is 2. The van der Waals surface area contributed by atoms with Crippen molar-refractivity contribution in [3.8, 4) is 11.4 Å². The van der Waals surface area contributed by atoms with Gasteiger partial charge in [-0.25, -0.2) is 4.98 Å². The maximum absolute atomic E-state index is 5.92. The van der Waals surface area contributed by atoms with E-state index in [0.717, 1.165) is 22.4 Å². The molecule has 0 amide bonds. The number of nitrogens with one attached hydrogen (secondary N) is 1. The van der Waals surface area contributed by atoms with Gasteiger partial charge in [0.1, 0.15) is 5.82 Å². The Kier molecular flexibility index (Phi) is 3.65. The van der Waals surface area contributed by atoms with Crippen molar-refractivity contribution in [3.05, 3.63) is 42.0 Å². The Morgan fingerprint density at radius 1 is 1.08 bits per heavy atom. The minimum atomic E-state index is 0.502. The van der Waals surface area contributed by atoms with Crippen molar-refractivity contribution < 1.29 is 0 Å². The van der Waals surface area contributed by atoms with Crippen LogP contribution in [0.5, 0.6) is 0 Å². The zero-order valence-electron chi connectivity index (χ0n) is 13.9. The Hall–Kier alpha value is -2.53. The number of nitrogen functional groups attached to an aromatic ring is 2. The molecule has 24 heavy (non-hydrogen) atoms. The quantitative estimate of drug-likeness (QED) is 0.630. The average Bonchev–Trinajstić information content (AvgIpc) is 3.01. The first-order valence-corrected chi connectivity index (χ1v) is 8.47. The summed E-state index contributed by atoms with van der Waals surface area (Å²) < 4.78 is 0. The second kappa shape index (κ2) is 5.83. The Labute approximate surface area is 141 Å². The van der Waals surface area contributed by atoms with E-state index in [1.807, 2.05) is 18.2 Å². The zero-order chi connectivity index (χ0) is 16.7. The van der Waals surface area contributed by atoms with Crippen LogP contribution in [0.3, 0.4) is 0 Å². The Morgan fingerprint density at radius 3 is 2.75 bits per heavy atom. The highest BCUT2D eigenvalue weighted by Gasteiger charge is 2.21. The van der Waals surface area contributed by atoms with Gasteiger partial charge in [0.25, 0.3) is 0 Å². The molecule has 0 aliphatic carbocycles. The minimum absolute atomic E-state index is 0.502. The fraction of sp³-hybridized carbons (Fsp3) is 0.316. The summed E-state index contributed by atoms with van der Waals surface area (Å²) in [6, 6.07) is 12.7. The number of imidazole rings is 1. The molecule has 0 bridgehead atoms. The number of H-pyrrole nitrogens is 1. The Bertz CT molecular complexity index is 883. The lowest BCUT2D eigenvalue weighted by molar-refractivity contribution is 0.187. The van der Waals surface area contributed by atoms with Crippen LogP contribution in [0.15, 0.2) is 36.4 Å². The van der Waals surface area contributed by atoms with Gasteiger partial charge in [-0.1, -0.05) is 12.5 Å². The maximum atomic E-state index is 5.92. The van der Waals surface area contributed by atoms with E-state index in [-0.39, 0.29) is 0 Å². The highest BCUT2D eigenvalue weighted by atomic mass is 15.1. The topological polar surface area (TPSA) is 84.0 Å². The first kappa shape index (κ1) is 15.0. The largest absolute Gasteiger partial charge is 0.397 e. The number of nitrogens with two attached hydrogens (primary N) is 2. The van der Waals surface area contributed by atoms with Gasteiger partial charge >= 0.3 is 0 Å². The maximum Gasteiger partial charge on any atom is 0.138 e. The third kappa shape index (κ3) is 2.61. The molecule has 0 saturated carbocycles. The van der Waals surface area contributed by atoms with Crippen LogP contribution < -0.4 is 11.5 Å². The molecule has 5 heteroatoms.